The second-order valence-corrected chi connectivity index (χ2v) is 10.1. The van der Waals surface area contributed by atoms with E-state index in [1.807, 2.05) is 39.0 Å². The molecule has 1 amide bonds. The molecule has 1 heterocycles. The zero-order valence-electron chi connectivity index (χ0n) is 17.9. The maximum atomic E-state index is 12.9. The highest BCUT2D eigenvalue weighted by Crippen LogP contribution is 2.40. The van der Waals surface area contributed by atoms with E-state index in [-0.39, 0.29) is 12.6 Å². The van der Waals surface area contributed by atoms with Crippen LogP contribution in [0.15, 0.2) is 42.5 Å². The summed E-state index contributed by atoms with van der Waals surface area (Å²) in [6.45, 7) is 5.57. The van der Waals surface area contributed by atoms with Gasteiger partial charge in [-0.1, -0.05) is 24.3 Å². The van der Waals surface area contributed by atoms with Gasteiger partial charge < -0.3 is 14.8 Å². The lowest BCUT2D eigenvalue weighted by Crippen LogP contribution is -2.45. The van der Waals surface area contributed by atoms with Gasteiger partial charge in [0.25, 0.3) is 0 Å². The third-order valence-electron chi connectivity index (χ3n) is 5.00. The number of fused-ring (bicyclic) bond motifs is 1. The van der Waals surface area contributed by atoms with Crippen molar-refractivity contribution < 1.29 is 22.7 Å². The minimum Gasteiger partial charge on any atom is -0.495 e. The van der Waals surface area contributed by atoms with Crippen molar-refractivity contribution in [1.82, 2.24) is 5.32 Å². The van der Waals surface area contributed by atoms with Gasteiger partial charge in [-0.2, -0.15) is 0 Å². The maximum Gasteiger partial charge on any atom is 0.241 e. The highest BCUT2D eigenvalue weighted by atomic mass is 32.2. The Kier molecular flexibility index (Phi) is 5.99. The molecule has 0 aliphatic carbocycles. The quantitative estimate of drug-likeness (QED) is 0.758. The van der Waals surface area contributed by atoms with Crippen LogP contribution < -0.4 is 19.1 Å². The van der Waals surface area contributed by atoms with Crippen molar-refractivity contribution in [3.8, 4) is 11.5 Å². The Balaban J connectivity index is 1.86. The molecule has 162 valence electrons. The molecule has 30 heavy (non-hydrogen) atoms. The smallest absolute Gasteiger partial charge is 0.241 e. The van der Waals surface area contributed by atoms with Crippen molar-refractivity contribution in [2.45, 2.75) is 38.8 Å². The first-order chi connectivity index (χ1) is 14.0. The maximum absolute atomic E-state index is 12.9. The van der Waals surface area contributed by atoms with Crippen LogP contribution in [0.4, 0.5) is 5.69 Å². The molecule has 1 N–H and O–H groups in total. The molecule has 1 aliphatic heterocycles. The van der Waals surface area contributed by atoms with Gasteiger partial charge in [-0.3, -0.25) is 9.10 Å². The first-order valence-corrected chi connectivity index (χ1v) is 11.5. The molecular weight excluding hydrogens is 404 g/mol. The molecule has 1 aliphatic rings. The molecule has 0 bridgehead atoms. The largest absolute Gasteiger partial charge is 0.495 e. The molecule has 1 atom stereocenters. The number of amides is 1. The van der Waals surface area contributed by atoms with Gasteiger partial charge in [0.1, 0.15) is 23.6 Å². The minimum atomic E-state index is -3.71. The zero-order chi connectivity index (χ0) is 22.1. The highest BCUT2D eigenvalue weighted by molar-refractivity contribution is 7.92. The van der Waals surface area contributed by atoms with E-state index < -0.39 is 21.5 Å². The van der Waals surface area contributed by atoms with E-state index in [9.17, 15) is 13.2 Å². The van der Waals surface area contributed by atoms with E-state index in [1.54, 1.807) is 24.3 Å². The number of methoxy groups -OCH3 is 1. The van der Waals surface area contributed by atoms with Gasteiger partial charge in [0.2, 0.25) is 15.9 Å². The zero-order valence-corrected chi connectivity index (χ0v) is 18.7. The van der Waals surface area contributed by atoms with E-state index >= 15 is 0 Å². The van der Waals surface area contributed by atoms with Crippen LogP contribution in [0.25, 0.3) is 0 Å². The third kappa shape index (κ3) is 4.87. The van der Waals surface area contributed by atoms with Crippen molar-refractivity contribution >= 4 is 21.6 Å². The molecule has 2 aromatic rings. The number of ether oxygens (including phenoxy) is 2. The number of nitrogens with one attached hydrogen (secondary N) is 1. The van der Waals surface area contributed by atoms with Gasteiger partial charge in [0.05, 0.1) is 25.1 Å². The van der Waals surface area contributed by atoms with Crippen molar-refractivity contribution in [3.63, 3.8) is 0 Å². The number of para-hydroxylation sites is 2. The van der Waals surface area contributed by atoms with E-state index in [4.69, 9.17) is 9.47 Å². The fourth-order valence-corrected chi connectivity index (χ4v) is 4.53. The number of carbonyl (C=O) groups excluding carboxylic acids is 1. The van der Waals surface area contributed by atoms with E-state index in [1.165, 1.54) is 7.11 Å². The van der Waals surface area contributed by atoms with Gasteiger partial charge in [-0.05, 0) is 44.5 Å². The molecule has 0 fully saturated rings. The Morgan fingerprint density at radius 3 is 2.63 bits per heavy atom. The molecule has 0 aromatic heterocycles. The Morgan fingerprint density at radius 2 is 1.97 bits per heavy atom. The number of anilines is 1. The van der Waals surface area contributed by atoms with Crippen molar-refractivity contribution in [2.75, 3.05) is 24.2 Å². The molecule has 0 spiro atoms. The Hall–Kier alpha value is -2.74. The second-order valence-electron chi connectivity index (χ2n) is 8.17. The predicted molar refractivity (Wildman–Crippen MR) is 117 cm³/mol. The van der Waals surface area contributed by atoms with Crippen LogP contribution in [0.5, 0.6) is 11.5 Å². The Bertz CT molecular complexity index is 1050. The van der Waals surface area contributed by atoms with E-state index in [0.29, 0.717) is 17.9 Å². The van der Waals surface area contributed by atoms with Gasteiger partial charge in [-0.15, -0.1) is 0 Å². The fourth-order valence-electron chi connectivity index (χ4n) is 3.67. The summed E-state index contributed by atoms with van der Waals surface area (Å²) in [7, 11) is -2.25. The lowest BCUT2D eigenvalue weighted by Gasteiger charge is -2.38. The molecule has 7 nitrogen and oxygen atoms in total. The first-order valence-electron chi connectivity index (χ1n) is 9.70. The lowest BCUT2D eigenvalue weighted by molar-refractivity contribution is -0.120. The predicted octanol–water partition coefficient (Wildman–Crippen LogP) is 3.19. The SMILES string of the molecule is COc1ccccc1N(CC(=O)N[C@@H]1CC(C)(C)Oc2cc(C)ccc21)S(C)(=O)=O. The molecule has 0 saturated carbocycles. The van der Waals surface area contributed by atoms with Gasteiger partial charge in [0, 0.05) is 12.0 Å². The molecule has 2 aromatic carbocycles. The number of carbonyl (C=O) groups is 1. The molecule has 0 unspecified atom stereocenters. The minimum absolute atomic E-state index is 0.282. The number of hydrogen-bond acceptors (Lipinski definition) is 5. The normalized spacial score (nSPS) is 17.4. The van der Waals surface area contributed by atoms with E-state index in [2.05, 4.69) is 5.32 Å². The van der Waals surface area contributed by atoms with Crippen molar-refractivity contribution in [3.05, 3.63) is 53.6 Å². The summed E-state index contributed by atoms with van der Waals surface area (Å²) >= 11 is 0. The van der Waals surface area contributed by atoms with Crippen LogP contribution in [-0.4, -0.2) is 39.8 Å². The van der Waals surface area contributed by atoms with Crippen LogP contribution in [0, 0.1) is 6.92 Å². The molecule has 0 saturated heterocycles. The van der Waals surface area contributed by atoms with Crippen LogP contribution >= 0.6 is 0 Å². The van der Waals surface area contributed by atoms with E-state index in [0.717, 1.165) is 27.4 Å². The highest BCUT2D eigenvalue weighted by Gasteiger charge is 2.35. The first kappa shape index (κ1) is 22.0. The average molecular weight is 433 g/mol. The summed E-state index contributed by atoms with van der Waals surface area (Å²) < 4.78 is 37.3. The molecular formula is C22H28N2O5S. The Morgan fingerprint density at radius 1 is 1.27 bits per heavy atom. The number of sulfonamides is 1. The van der Waals surface area contributed by atoms with Crippen molar-refractivity contribution in [1.29, 1.82) is 0 Å². The van der Waals surface area contributed by atoms with Crippen molar-refractivity contribution in [2.24, 2.45) is 0 Å². The van der Waals surface area contributed by atoms with Gasteiger partial charge >= 0.3 is 0 Å². The molecule has 0 radical (unpaired) electrons. The number of rotatable bonds is 6. The summed E-state index contributed by atoms with van der Waals surface area (Å²) in [5.74, 6) is 0.713. The number of nitrogens with zero attached hydrogens (tertiary/aromatic N) is 1. The number of benzene rings is 2. The summed E-state index contributed by atoms with van der Waals surface area (Å²) in [6.07, 6.45) is 1.64. The Labute approximate surface area is 178 Å². The number of hydrogen-bond donors (Lipinski definition) is 1. The molecule has 8 heteroatoms. The monoisotopic (exact) mass is 432 g/mol. The summed E-state index contributed by atoms with van der Waals surface area (Å²) in [5, 5.41) is 2.99. The lowest BCUT2D eigenvalue weighted by atomic mass is 9.89. The number of aryl methyl sites for hydroxylation is 1. The topological polar surface area (TPSA) is 84.9 Å². The van der Waals surface area contributed by atoms with Crippen LogP contribution in [0.1, 0.15) is 37.4 Å². The van der Waals surface area contributed by atoms with Gasteiger partial charge in [0.15, 0.2) is 0 Å². The molecule has 3 rings (SSSR count). The van der Waals surface area contributed by atoms with Crippen LogP contribution in [-0.2, 0) is 14.8 Å². The summed E-state index contributed by atoms with van der Waals surface area (Å²) in [4.78, 5) is 12.9. The standard InChI is InChI=1S/C22H28N2O5S/c1-15-10-11-16-17(13-22(2,3)29-20(16)12-15)23-21(25)14-24(30(5,26)27)18-8-6-7-9-19(18)28-4/h6-12,17H,13-14H2,1-5H3,(H,23,25)/t17-/m1/s1. The second kappa shape index (κ2) is 8.18. The average Bonchev–Trinajstić information content (AvgIpc) is 2.64. The summed E-state index contributed by atoms with van der Waals surface area (Å²) in [6, 6.07) is 12.3. The summed E-state index contributed by atoms with van der Waals surface area (Å²) in [5.41, 5.74) is 1.81. The fraction of sp³-hybridized carbons (Fsp3) is 0.409. The van der Waals surface area contributed by atoms with Crippen LogP contribution in [0.2, 0.25) is 0 Å². The third-order valence-corrected chi connectivity index (χ3v) is 6.13. The van der Waals surface area contributed by atoms with Crippen LogP contribution in [0.3, 0.4) is 0 Å². The van der Waals surface area contributed by atoms with Gasteiger partial charge in [-0.25, -0.2) is 8.42 Å².